The van der Waals surface area contributed by atoms with Crippen molar-refractivity contribution in [3.05, 3.63) is 59.2 Å². The molecule has 268 valence electrons. The minimum atomic E-state index is -5.17. The maximum absolute atomic E-state index is 13.6. The first-order valence-corrected chi connectivity index (χ1v) is 15.2. The molecule has 0 aromatic heterocycles. The summed E-state index contributed by atoms with van der Waals surface area (Å²) in [4.78, 5) is 27.9. The van der Waals surface area contributed by atoms with Gasteiger partial charge in [-0.2, -0.15) is 26.3 Å². The van der Waals surface area contributed by atoms with Crippen molar-refractivity contribution in [2.24, 2.45) is 11.8 Å². The minimum Gasteiger partial charge on any atom is -0.469 e. The molecule has 3 rings (SSSR count). The standard InChI is InChI=1S/C32H37F9N2O5/c1-5-23(30(33,34)35)16-24(31(36,37)38)11-14-27-19(3)43(29(45)47-27)18-22-15-25(48-32(39,40)41)12-13-26(22)42(6-2)17-20-7-9-21(10-8-20)28(44)46-4/h5,11-16,19-21,27H,6-10,17-18H2,1-4H3/b14-11+,23-5+,24-16+/t19-,20-,21-,27+/m0/s1. The number of hydrogen-bond donors (Lipinski definition) is 0. The molecule has 1 aliphatic heterocycles. The molecule has 0 unspecified atom stereocenters. The first-order valence-electron chi connectivity index (χ1n) is 15.2. The highest BCUT2D eigenvalue weighted by molar-refractivity contribution is 5.72. The van der Waals surface area contributed by atoms with Gasteiger partial charge in [0.05, 0.1) is 36.8 Å². The van der Waals surface area contributed by atoms with Crippen LogP contribution in [0.25, 0.3) is 0 Å². The third kappa shape index (κ3) is 10.3. The molecular weight excluding hydrogens is 663 g/mol. The van der Waals surface area contributed by atoms with Gasteiger partial charge in [-0.15, -0.1) is 13.2 Å². The van der Waals surface area contributed by atoms with E-state index in [1.807, 2.05) is 11.8 Å². The lowest BCUT2D eigenvalue weighted by Crippen LogP contribution is -2.36. The SMILES string of the molecule is C\C=C(/C=C(\C=C\[C@H]1OC(=O)N(Cc2cc(OC(F)(F)F)ccc2N(CC)C[C@H]2CC[C@H](C(=O)OC)CC2)[C@H]1C)C(F)(F)F)C(F)(F)F. The molecule has 1 saturated carbocycles. The van der Waals surface area contributed by atoms with Crippen molar-refractivity contribution in [2.45, 2.75) is 83.9 Å². The molecule has 1 aromatic rings. The average Bonchev–Trinajstić information content (AvgIpc) is 3.25. The van der Waals surface area contributed by atoms with Crippen molar-refractivity contribution in [1.82, 2.24) is 4.90 Å². The number of allylic oxidation sites excluding steroid dienone is 5. The summed E-state index contributed by atoms with van der Waals surface area (Å²) in [6, 6.07) is 2.70. The number of cyclic esters (lactones) is 1. The largest absolute Gasteiger partial charge is 0.573 e. The number of nitrogens with zero attached hydrogens (tertiary/aromatic N) is 2. The number of ether oxygens (including phenoxy) is 3. The van der Waals surface area contributed by atoms with E-state index in [4.69, 9.17) is 9.47 Å². The van der Waals surface area contributed by atoms with Gasteiger partial charge in [-0.1, -0.05) is 12.2 Å². The van der Waals surface area contributed by atoms with Gasteiger partial charge < -0.3 is 19.1 Å². The molecule has 0 N–H and O–H groups in total. The molecule has 1 heterocycles. The van der Waals surface area contributed by atoms with Crippen molar-refractivity contribution in [1.29, 1.82) is 0 Å². The fourth-order valence-electron chi connectivity index (χ4n) is 5.79. The van der Waals surface area contributed by atoms with E-state index in [1.165, 1.54) is 20.1 Å². The van der Waals surface area contributed by atoms with E-state index < -0.39 is 53.8 Å². The van der Waals surface area contributed by atoms with Gasteiger partial charge in [0.25, 0.3) is 0 Å². The molecule has 1 saturated heterocycles. The first-order chi connectivity index (χ1) is 22.3. The Labute approximate surface area is 272 Å². The zero-order valence-corrected chi connectivity index (χ0v) is 26.6. The number of esters is 1. The zero-order chi connectivity index (χ0) is 36.0. The Morgan fingerprint density at radius 1 is 1.02 bits per heavy atom. The summed E-state index contributed by atoms with van der Waals surface area (Å²) < 4.78 is 134. The van der Waals surface area contributed by atoms with E-state index >= 15 is 0 Å². The first kappa shape index (κ1) is 38.6. The predicted octanol–water partition coefficient (Wildman–Crippen LogP) is 8.65. The van der Waals surface area contributed by atoms with Crippen molar-refractivity contribution >= 4 is 17.7 Å². The summed E-state index contributed by atoms with van der Waals surface area (Å²) in [6.07, 6.45) is -13.3. The van der Waals surface area contributed by atoms with E-state index in [1.54, 1.807) is 0 Å². The molecule has 2 aliphatic rings. The number of carbonyl (C=O) groups excluding carboxylic acids is 2. The zero-order valence-electron chi connectivity index (χ0n) is 26.6. The summed E-state index contributed by atoms with van der Waals surface area (Å²) in [6.45, 7) is 4.79. The number of rotatable bonds is 11. The topological polar surface area (TPSA) is 68.3 Å². The summed E-state index contributed by atoms with van der Waals surface area (Å²) >= 11 is 0. The molecule has 0 radical (unpaired) electrons. The Bertz CT molecular complexity index is 1380. The lowest BCUT2D eigenvalue weighted by Gasteiger charge is -2.34. The molecule has 1 aromatic carbocycles. The Morgan fingerprint density at radius 2 is 1.65 bits per heavy atom. The van der Waals surface area contributed by atoms with Crippen LogP contribution < -0.4 is 9.64 Å². The molecule has 1 aliphatic carbocycles. The number of methoxy groups -OCH3 is 1. The quantitative estimate of drug-likeness (QED) is 0.131. The van der Waals surface area contributed by atoms with Crippen LogP contribution in [0.5, 0.6) is 5.75 Å². The highest BCUT2D eigenvalue weighted by Gasteiger charge is 2.41. The molecular formula is C32H37F9N2O5. The Hall–Kier alpha value is -3.85. The summed E-state index contributed by atoms with van der Waals surface area (Å²) in [7, 11) is 1.32. The molecule has 16 heteroatoms. The molecule has 0 spiro atoms. The van der Waals surface area contributed by atoms with Gasteiger partial charge in [0.15, 0.2) is 0 Å². The van der Waals surface area contributed by atoms with E-state index in [0.717, 1.165) is 30.0 Å². The fourth-order valence-corrected chi connectivity index (χ4v) is 5.79. The normalized spacial score (nSPS) is 23.0. The predicted molar refractivity (Wildman–Crippen MR) is 157 cm³/mol. The second-order valence-corrected chi connectivity index (χ2v) is 11.5. The Balaban J connectivity index is 1.88. The number of alkyl halides is 9. The van der Waals surface area contributed by atoms with Crippen LogP contribution in [0.4, 0.5) is 50.0 Å². The molecule has 1 amide bonds. The lowest BCUT2D eigenvalue weighted by atomic mass is 9.81. The minimum absolute atomic E-state index is 0.0601. The van der Waals surface area contributed by atoms with Crippen molar-refractivity contribution in [3.8, 4) is 5.75 Å². The number of amides is 1. The van der Waals surface area contributed by atoms with Crippen LogP contribution in [-0.4, -0.2) is 68.0 Å². The number of hydrogen-bond acceptors (Lipinski definition) is 6. The monoisotopic (exact) mass is 700 g/mol. The third-order valence-electron chi connectivity index (χ3n) is 8.39. The third-order valence-corrected chi connectivity index (χ3v) is 8.39. The highest BCUT2D eigenvalue weighted by Crippen LogP contribution is 2.37. The maximum atomic E-state index is 13.6. The van der Waals surface area contributed by atoms with Crippen molar-refractivity contribution in [3.63, 3.8) is 0 Å². The van der Waals surface area contributed by atoms with Crippen LogP contribution in [-0.2, 0) is 20.8 Å². The smallest absolute Gasteiger partial charge is 0.469 e. The van der Waals surface area contributed by atoms with Gasteiger partial charge in [-0.3, -0.25) is 9.69 Å². The number of benzene rings is 1. The Morgan fingerprint density at radius 3 is 2.17 bits per heavy atom. The maximum Gasteiger partial charge on any atom is 0.573 e. The van der Waals surface area contributed by atoms with E-state index in [9.17, 15) is 49.1 Å². The summed E-state index contributed by atoms with van der Waals surface area (Å²) in [5.74, 6) is -0.904. The van der Waals surface area contributed by atoms with Gasteiger partial charge in [0, 0.05) is 18.8 Å². The summed E-state index contributed by atoms with van der Waals surface area (Å²) in [5.41, 5.74) is -2.44. The van der Waals surface area contributed by atoms with Gasteiger partial charge in [-0.05, 0) is 88.3 Å². The van der Waals surface area contributed by atoms with Gasteiger partial charge in [0.1, 0.15) is 11.9 Å². The number of halogens is 9. The number of anilines is 1. The van der Waals surface area contributed by atoms with Crippen LogP contribution in [0.3, 0.4) is 0 Å². The van der Waals surface area contributed by atoms with Gasteiger partial charge >= 0.3 is 30.8 Å². The van der Waals surface area contributed by atoms with Gasteiger partial charge in [-0.25, -0.2) is 4.79 Å². The van der Waals surface area contributed by atoms with E-state index in [-0.39, 0.29) is 36.0 Å². The van der Waals surface area contributed by atoms with Crippen molar-refractivity contribution in [2.75, 3.05) is 25.1 Å². The van der Waals surface area contributed by atoms with Crippen LogP contribution >= 0.6 is 0 Å². The van der Waals surface area contributed by atoms with Crippen LogP contribution in [0.1, 0.15) is 52.0 Å². The molecule has 2 atom stereocenters. The molecule has 48 heavy (non-hydrogen) atoms. The van der Waals surface area contributed by atoms with E-state index in [0.29, 0.717) is 56.6 Å². The average molecular weight is 701 g/mol. The van der Waals surface area contributed by atoms with Crippen LogP contribution in [0.15, 0.2) is 53.6 Å². The molecule has 7 nitrogen and oxygen atoms in total. The molecule has 2 fully saturated rings. The second kappa shape index (κ2) is 15.6. The second-order valence-electron chi connectivity index (χ2n) is 11.5. The van der Waals surface area contributed by atoms with Crippen LogP contribution in [0.2, 0.25) is 0 Å². The van der Waals surface area contributed by atoms with E-state index in [2.05, 4.69) is 4.74 Å². The van der Waals surface area contributed by atoms with Crippen molar-refractivity contribution < 1.29 is 63.3 Å². The lowest BCUT2D eigenvalue weighted by molar-refractivity contribution is -0.274. The highest BCUT2D eigenvalue weighted by atomic mass is 19.4. The molecule has 0 bridgehead atoms. The van der Waals surface area contributed by atoms with Gasteiger partial charge in [0.2, 0.25) is 0 Å². The summed E-state index contributed by atoms with van der Waals surface area (Å²) in [5, 5.41) is 0. The Kier molecular flexibility index (Phi) is 12.5. The number of carbonyl (C=O) groups is 2. The van der Waals surface area contributed by atoms with Crippen LogP contribution in [0, 0.1) is 11.8 Å². The fraction of sp³-hybridized carbons (Fsp3) is 0.562.